The number of halogens is 1. The van der Waals surface area contributed by atoms with Gasteiger partial charge in [0.15, 0.2) is 0 Å². The maximum absolute atomic E-state index is 9.89. The summed E-state index contributed by atoms with van der Waals surface area (Å²) in [5.74, 6) is 0.207. The minimum absolute atomic E-state index is 0.207. The molecule has 1 atom stereocenters. The summed E-state index contributed by atoms with van der Waals surface area (Å²) in [6.45, 7) is 6.77. The molecule has 1 aromatic heterocycles. The SMILES string of the molecule is CCn1ncc(Br)c1C(O)C(C)C. The van der Waals surface area contributed by atoms with E-state index in [1.807, 2.05) is 25.5 Å². The molecule has 1 N–H and O–H groups in total. The summed E-state index contributed by atoms with van der Waals surface area (Å²) in [5.41, 5.74) is 0.873. The Kier molecular flexibility index (Phi) is 3.50. The fraction of sp³-hybridized carbons (Fsp3) is 0.667. The summed E-state index contributed by atoms with van der Waals surface area (Å²) in [6.07, 6.45) is 1.28. The number of aromatic nitrogens is 2. The lowest BCUT2D eigenvalue weighted by molar-refractivity contribution is 0.116. The van der Waals surface area contributed by atoms with Gasteiger partial charge in [-0.3, -0.25) is 4.68 Å². The van der Waals surface area contributed by atoms with Crippen LogP contribution in [0.4, 0.5) is 0 Å². The van der Waals surface area contributed by atoms with Crippen LogP contribution in [0.1, 0.15) is 32.6 Å². The van der Waals surface area contributed by atoms with Crippen molar-refractivity contribution in [1.29, 1.82) is 0 Å². The summed E-state index contributed by atoms with van der Waals surface area (Å²) >= 11 is 3.38. The highest BCUT2D eigenvalue weighted by Gasteiger charge is 2.19. The molecule has 4 heteroatoms. The second kappa shape index (κ2) is 4.24. The van der Waals surface area contributed by atoms with E-state index in [9.17, 15) is 5.11 Å². The maximum Gasteiger partial charge on any atom is 0.0990 e. The highest BCUT2D eigenvalue weighted by molar-refractivity contribution is 9.10. The molecule has 0 radical (unpaired) electrons. The van der Waals surface area contributed by atoms with Gasteiger partial charge in [0.2, 0.25) is 0 Å². The van der Waals surface area contributed by atoms with Crippen LogP contribution in [0.3, 0.4) is 0 Å². The van der Waals surface area contributed by atoms with Crippen molar-refractivity contribution in [1.82, 2.24) is 9.78 Å². The number of rotatable bonds is 3. The number of hydrogen-bond donors (Lipinski definition) is 1. The normalized spacial score (nSPS) is 13.7. The molecule has 0 aromatic carbocycles. The standard InChI is InChI=1S/C9H15BrN2O/c1-4-12-8(7(10)5-11-12)9(13)6(2)3/h5-6,9,13H,4H2,1-3H3. The second-order valence-electron chi connectivity index (χ2n) is 3.38. The Balaban J connectivity index is 3.03. The number of nitrogens with zero attached hydrogens (tertiary/aromatic N) is 2. The van der Waals surface area contributed by atoms with E-state index in [4.69, 9.17) is 0 Å². The van der Waals surface area contributed by atoms with Crippen molar-refractivity contribution < 1.29 is 5.11 Å². The van der Waals surface area contributed by atoms with E-state index < -0.39 is 6.10 Å². The molecular weight excluding hydrogens is 232 g/mol. The van der Waals surface area contributed by atoms with Gasteiger partial charge in [-0.15, -0.1) is 0 Å². The van der Waals surface area contributed by atoms with Crippen LogP contribution in [0.2, 0.25) is 0 Å². The van der Waals surface area contributed by atoms with E-state index in [0.29, 0.717) is 0 Å². The third kappa shape index (κ3) is 2.11. The second-order valence-corrected chi connectivity index (χ2v) is 4.24. The van der Waals surface area contributed by atoms with Crippen LogP contribution < -0.4 is 0 Å². The molecule has 0 aliphatic carbocycles. The van der Waals surface area contributed by atoms with Crippen molar-refractivity contribution in [3.63, 3.8) is 0 Å². The predicted molar refractivity (Wildman–Crippen MR) is 55.4 cm³/mol. The molecule has 0 aliphatic rings. The molecular formula is C9H15BrN2O. The van der Waals surface area contributed by atoms with Crippen LogP contribution in [-0.2, 0) is 6.54 Å². The van der Waals surface area contributed by atoms with Crippen LogP contribution in [0.15, 0.2) is 10.7 Å². The quantitative estimate of drug-likeness (QED) is 0.890. The van der Waals surface area contributed by atoms with Crippen LogP contribution in [0, 0.1) is 5.92 Å². The van der Waals surface area contributed by atoms with Gasteiger partial charge in [0.25, 0.3) is 0 Å². The number of aliphatic hydroxyl groups excluding tert-OH is 1. The first-order valence-electron chi connectivity index (χ1n) is 4.47. The summed E-state index contributed by atoms with van der Waals surface area (Å²) in [5, 5.41) is 14.0. The van der Waals surface area contributed by atoms with Crippen LogP contribution in [0.5, 0.6) is 0 Å². The average molecular weight is 247 g/mol. The van der Waals surface area contributed by atoms with Crippen molar-refractivity contribution in [3.05, 3.63) is 16.4 Å². The van der Waals surface area contributed by atoms with E-state index >= 15 is 0 Å². The molecule has 1 heterocycles. The first kappa shape index (κ1) is 10.7. The fourth-order valence-electron chi connectivity index (χ4n) is 1.23. The largest absolute Gasteiger partial charge is 0.387 e. The Labute approximate surface area is 86.9 Å². The maximum atomic E-state index is 9.89. The lowest BCUT2D eigenvalue weighted by Crippen LogP contribution is -2.12. The molecule has 0 fully saturated rings. The molecule has 0 amide bonds. The molecule has 0 bridgehead atoms. The molecule has 1 rings (SSSR count). The van der Waals surface area contributed by atoms with E-state index in [2.05, 4.69) is 21.0 Å². The molecule has 13 heavy (non-hydrogen) atoms. The van der Waals surface area contributed by atoms with Gasteiger partial charge in [-0.1, -0.05) is 13.8 Å². The smallest absolute Gasteiger partial charge is 0.0990 e. The Morgan fingerprint density at radius 3 is 2.69 bits per heavy atom. The molecule has 0 spiro atoms. The molecule has 74 valence electrons. The minimum Gasteiger partial charge on any atom is -0.387 e. The first-order valence-corrected chi connectivity index (χ1v) is 5.26. The molecule has 1 aromatic rings. The topological polar surface area (TPSA) is 38.0 Å². The zero-order chi connectivity index (χ0) is 10.0. The van der Waals surface area contributed by atoms with Gasteiger partial charge in [0, 0.05) is 6.54 Å². The minimum atomic E-state index is -0.447. The van der Waals surface area contributed by atoms with Gasteiger partial charge < -0.3 is 5.11 Å². The van der Waals surface area contributed by atoms with Crippen molar-refractivity contribution in [3.8, 4) is 0 Å². The Morgan fingerprint density at radius 1 is 1.62 bits per heavy atom. The summed E-state index contributed by atoms with van der Waals surface area (Å²) in [7, 11) is 0. The van der Waals surface area contributed by atoms with Gasteiger partial charge in [0.1, 0.15) is 0 Å². The molecule has 0 saturated carbocycles. The molecule has 3 nitrogen and oxygen atoms in total. The highest BCUT2D eigenvalue weighted by atomic mass is 79.9. The molecule has 0 aliphatic heterocycles. The van der Waals surface area contributed by atoms with E-state index in [-0.39, 0.29) is 5.92 Å². The first-order chi connectivity index (χ1) is 6.07. The third-order valence-electron chi connectivity index (χ3n) is 2.04. The van der Waals surface area contributed by atoms with Gasteiger partial charge in [-0.05, 0) is 28.8 Å². The Morgan fingerprint density at radius 2 is 2.23 bits per heavy atom. The average Bonchev–Trinajstić information content (AvgIpc) is 2.45. The van der Waals surface area contributed by atoms with Crippen LogP contribution in [-0.4, -0.2) is 14.9 Å². The van der Waals surface area contributed by atoms with Crippen LogP contribution >= 0.6 is 15.9 Å². The summed E-state index contributed by atoms with van der Waals surface area (Å²) in [4.78, 5) is 0. The molecule has 0 saturated heterocycles. The highest BCUT2D eigenvalue weighted by Crippen LogP contribution is 2.27. The lowest BCUT2D eigenvalue weighted by Gasteiger charge is -2.16. The zero-order valence-corrected chi connectivity index (χ0v) is 9.74. The summed E-state index contributed by atoms with van der Waals surface area (Å²) < 4.78 is 2.70. The van der Waals surface area contributed by atoms with Gasteiger partial charge in [-0.2, -0.15) is 5.10 Å². The van der Waals surface area contributed by atoms with E-state index in [0.717, 1.165) is 16.7 Å². The Bertz CT molecular complexity index is 283. The number of aliphatic hydroxyl groups is 1. The fourth-order valence-corrected chi connectivity index (χ4v) is 1.76. The Hall–Kier alpha value is -0.350. The number of hydrogen-bond acceptors (Lipinski definition) is 2. The lowest BCUT2D eigenvalue weighted by atomic mass is 10.0. The van der Waals surface area contributed by atoms with Gasteiger partial charge in [-0.25, -0.2) is 0 Å². The van der Waals surface area contributed by atoms with E-state index in [1.165, 1.54) is 0 Å². The monoisotopic (exact) mass is 246 g/mol. The predicted octanol–water partition coefficient (Wildman–Crippen LogP) is 2.35. The van der Waals surface area contributed by atoms with Crippen LogP contribution in [0.25, 0.3) is 0 Å². The van der Waals surface area contributed by atoms with Crippen molar-refractivity contribution >= 4 is 15.9 Å². The summed E-state index contributed by atoms with van der Waals surface area (Å²) in [6, 6.07) is 0. The van der Waals surface area contributed by atoms with Crippen molar-refractivity contribution in [2.24, 2.45) is 5.92 Å². The van der Waals surface area contributed by atoms with Crippen molar-refractivity contribution in [2.45, 2.75) is 33.4 Å². The van der Waals surface area contributed by atoms with E-state index in [1.54, 1.807) is 6.20 Å². The van der Waals surface area contributed by atoms with Gasteiger partial charge in [0.05, 0.1) is 22.5 Å². The third-order valence-corrected chi connectivity index (χ3v) is 2.66. The zero-order valence-electron chi connectivity index (χ0n) is 8.16. The molecule has 1 unspecified atom stereocenters. The van der Waals surface area contributed by atoms with Crippen molar-refractivity contribution in [2.75, 3.05) is 0 Å². The number of aryl methyl sites for hydroxylation is 1. The van der Waals surface area contributed by atoms with Gasteiger partial charge >= 0.3 is 0 Å².